The lowest BCUT2D eigenvalue weighted by Crippen LogP contribution is -1.95. The van der Waals surface area contributed by atoms with E-state index in [1.807, 2.05) is 0 Å². The quantitative estimate of drug-likeness (QED) is 0.939. The van der Waals surface area contributed by atoms with Crippen molar-refractivity contribution in [1.29, 1.82) is 0 Å². The molecule has 2 rings (SSSR count). The Morgan fingerprint density at radius 2 is 2.29 bits per heavy atom. The van der Waals surface area contributed by atoms with E-state index in [4.69, 9.17) is 14.3 Å². The highest BCUT2D eigenvalue weighted by Gasteiger charge is 2.08. The van der Waals surface area contributed by atoms with Gasteiger partial charge in [-0.3, -0.25) is 4.98 Å². The number of furan rings is 1. The third-order valence-electron chi connectivity index (χ3n) is 1.96. The Bertz CT molecular complexity index is 538. The number of halogens is 1. The number of hydrogen-bond donors (Lipinski definition) is 1. The van der Waals surface area contributed by atoms with Crippen LogP contribution >= 0.6 is 15.9 Å². The average molecular weight is 298 g/mol. The molecule has 0 saturated heterocycles. The second-order valence-corrected chi connectivity index (χ2v) is 4.15. The van der Waals surface area contributed by atoms with Gasteiger partial charge in [0.2, 0.25) is 0 Å². The molecule has 17 heavy (non-hydrogen) atoms. The average Bonchev–Trinajstić information content (AvgIpc) is 2.75. The van der Waals surface area contributed by atoms with E-state index in [0.29, 0.717) is 11.5 Å². The highest BCUT2D eigenvalue weighted by Crippen LogP contribution is 2.17. The predicted molar refractivity (Wildman–Crippen MR) is 61.9 cm³/mol. The lowest BCUT2D eigenvalue weighted by Gasteiger charge is -2.03. The molecule has 0 amide bonds. The molecule has 6 heteroatoms. The van der Waals surface area contributed by atoms with Gasteiger partial charge in [0.05, 0.1) is 11.8 Å². The van der Waals surface area contributed by atoms with Crippen LogP contribution in [0.1, 0.15) is 16.1 Å². The van der Waals surface area contributed by atoms with Crippen LogP contribution in [0.3, 0.4) is 0 Å². The van der Waals surface area contributed by atoms with Gasteiger partial charge >= 0.3 is 5.97 Å². The van der Waals surface area contributed by atoms with Gasteiger partial charge < -0.3 is 14.3 Å². The number of rotatable bonds is 4. The van der Waals surface area contributed by atoms with Gasteiger partial charge in [0.25, 0.3) is 0 Å². The molecule has 2 aromatic rings. The normalized spacial score (nSPS) is 10.2. The zero-order chi connectivity index (χ0) is 12.3. The molecule has 0 aliphatic rings. The Labute approximate surface area is 105 Å². The number of aromatic carboxylic acids is 1. The highest BCUT2D eigenvalue weighted by atomic mass is 79.9. The van der Waals surface area contributed by atoms with E-state index in [1.165, 1.54) is 12.3 Å². The summed E-state index contributed by atoms with van der Waals surface area (Å²) in [6.07, 6.45) is 4.38. The summed E-state index contributed by atoms with van der Waals surface area (Å²) < 4.78 is 11.2. The van der Waals surface area contributed by atoms with Crippen LogP contribution in [-0.2, 0) is 6.61 Å². The first-order valence-electron chi connectivity index (χ1n) is 4.69. The van der Waals surface area contributed by atoms with E-state index in [1.54, 1.807) is 18.5 Å². The number of hydrogen-bond acceptors (Lipinski definition) is 4. The Kier molecular flexibility index (Phi) is 3.43. The fourth-order valence-corrected chi connectivity index (χ4v) is 1.54. The largest absolute Gasteiger partial charge is 0.484 e. The number of aromatic nitrogens is 1. The summed E-state index contributed by atoms with van der Waals surface area (Å²) >= 11 is 3.27. The first kappa shape index (κ1) is 11.7. The van der Waals surface area contributed by atoms with Crippen molar-refractivity contribution in [2.24, 2.45) is 0 Å². The molecule has 2 heterocycles. The van der Waals surface area contributed by atoms with Gasteiger partial charge in [-0.2, -0.15) is 0 Å². The molecule has 0 spiro atoms. The highest BCUT2D eigenvalue weighted by molar-refractivity contribution is 9.10. The Hall–Kier alpha value is -1.82. The molecule has 0 unspecified atom stereocenters. The summed E-state index contributed by atoms with van der Waals surface area (Å²) in [7, 11) is 0. The SMILES string of the molecule is O=C(O)c1coc(COc2cncc(Br)c2)c1. The number of pyridine rings is 1. The fraction of sp³-hybridized carbons (Fsp3) is 0.0909. The molecule has 5 nitrogen and oxygen atoms in total. The molecule has 0 aromatic carbocycles. The van der Waals surface area contributed by atoms with Crippen molar-refractivity contribution < 1.29 is 19.1 Å². The van der Waals surface area contributed by atoms with E-state index < -0.39 is 5.97 Å². The van der Waals surface area contributed by atoms with E-state index in [0.717, 1.165) is 4.47 Å². The van der Waals surface area contributed by atoms with Crippen molar-refractivity contribution in [3.63, 3.8) is 0 Å². The standard InChI is InChI=1S/C11H8BrNO4/c12-8-2-9(4-13-3-8)17-6-10-1-7(5-16-10)11(14)15/h1-5H,6H2,(H,14,15). The van der Waals surface area contributed by atoms with E-state index >= 15 is 0 Å². The molecule has 0 fully saturated rings. The van der Waals surface area contributed by atoms with Gasteiger partial charge in [0.1, 0.15) is 24.4 Å². The summed E-state index contributed by atoms with van der Waals surface area (Å²) in [5.41, 5.74) is 0.107. The zero-order valence-electron chi connectivity index (χ0n) is 8.59. The molecular formula is C11H8BrNO4. The number of carboxylic acids is 1. The van der Waals surface area contributed by atoms with Crippen LogP contribution in [0.2, 0.25) is 0 Å². The summed E-state index contributed by atoms with van der Waals surface area (Å²) in [6, 6.07) is 3.18. The van der Waals surface area contributed by atoms with Crippen molar-refractivity contribution in [2.45, 2.75) is 6.61 Å². The second-order valence-electron chi connectivity index (χ2n) is 3.23. The maximum Gasteiger partial charge on any atom is 0.338 e. The van der Waals surface area contributed by atoms with Crippen LogP contribution in [-0.4, -0.2) is 16.1 Å². The molecule has 0 saturated carbocycles. The number of ether oxygens (including phenoxy) is 1. The Morgan fingerprint density at radius 3 is 2.94 bits per heavy atom. The molecule has 0 radical (unpaired) electrons. The van der Waals surface area contributed by atoms with Gasteiger partial charge in [-0.15, -0.1) is 0 Å². The third-order valence-corrected chi connectivity index (χ3v) is 2.40. The predicted octanol–water partition coefficient (Wildman–Crippen LogP) is 2.71. The summed E-state index contributed by atoms with van der Waals surface area (Å²) in [6.45, 7) is 0.158. The fourth-order valence-electron chi connectivity index (χ4n) is 1.19. The van der Waals surface area contributed by atoms with Crippen molar-refractivity contribution >= 4 is 21.9 Å². The molecule has 0 aliphatic heterocycles. The van der Waals surface area contributed by atoms with Crippen LogP contribution in [0.25, 0.3) is 0 Å². The lowest BCUT2D eigenvalue weighted by molar-refractivity contribution is 0.0696. The number of nitrogens with zero attached hydrogens (tertiary/aromatic N) is 1. The smallest absolute Gasteiger partial charge is 0.338 e. The second kappa shape index (κ2) is 5.01. The summed E-state index contributed by atoms with van der Waals surface area (Å²) in [4.78, 5) is 14.5. The minimum absolute atomic E-state index is 0.107. The minimum atomic E-state index is -1.02. The summed E-state index contributed by atoms with van der Waals surface area (Å²) in [5.74, 6) is -0.000789. The first-order valence-corrected chi connectivity index (χ1v) is 5.48. The molecule has 0 atom stereocenters. The zero-order valence-corrected chi connectivity index (χ0v) is 10.2. The van der Waals surface area contributed by atoms with Crippen LogP contribution in [0.4, 0.5) is 0 Å². The molecule has 1 N–H and O–H groups in total. The van der Waals surface area contributed by atoms with Crippen LogP contribution in [0, 0.1) is 0 Å². The van der Waals surface area contributed by atoms with Crippen molar-refractivity contribution in [3.8, 4) is 5.75 Å². The maximum absolute atomic E-state index is 10.6. The molecule has 88 valence electrons. The van der Waals surface area contributed by atoms with E-state index in [9.17, 15) is 4.79 Å². The van der Waals surface area contributed by atoms with E-state index in [2.05, 4.69) is 20.9 Å². The third kappa shape index (κ3) is 3.07. The van der Waals surface area contributed by atoms with Crippen LogP contribution in [0.15, 0.2) is 39.7 Å². The van der Waals surface area contributed by atoms with Gasteiger partial charge in [0.15, 0.2) is 0 Å². The van der Waals surface area contributed by atoms with Gasteiger partial charge in [-0.05, 0) is 28.1 Å². The number of carbonyl (C=O) groups is 1. The van der Waals surface area contributed by atoms with Crippen molar-refractivity contribution in [3.05, 3.63) is 46.6 Å². The topological polar surface area (TPSA) is 72.6 Å². The Morgan fingerprint density at radius 1 is 1.47 bits per heavy atom. The van der Waals surface area contributed by atoms with Crippen LogP contribution in [0.5, 0.6) is 5.75 Å². The van der Waals surface area contributed by atoms with Crippen molar-refractivity contribution in [2.75, 3.05) is 0 Å². The monoisotopic (exact) mass is 297 g/mol. The van der Waals surface area contributed by atoms with E-state index in [-0.39, 0.29) is 12.2 Å². The first-order chi connectivity index (χ1) is 8.15. The van der Waals surface area contributed by atoms with Crippen LogP contribution < -0.4 is 4.74 Å². The molecule has 0 bridgehead atoms. The van der Waals surface area contributed by atoms with Gasteiger partial charge in [-0.1, -0.05) is 0 Å². The van der Waals surface area contributed by atoms with Gasteiger partial charge in [0, 0.05) is 10.7 Å². The maximum atomic E-state index is 10.6. The minimum Gasteiger partial charge on any atom is -0.484 e. The molecule has 2 aromatic heterocycles. The molecular weight excluding hydrogens is 290 g/mol. The summed E-state index contributed by atoms with van der Waals surface area (Å²) in [5, 5.41) is 8.70. The van der Waals surface area contributed by atoms with Gasteiger partial charge in [-0.25, -0.2) is 4.79 Å². The number of carboxylic acid groups (broad SMARTS) is 1. The Balaban J connectivity index is 2.00. The lowest BCUT2D eigenvalue weighted by atomic mass is 10.3. The van der Waals surface area contributed by atoms with Crippen molar-refractivity contribution in [1.82, 2.24) is 4.98 Å². The molecule has 0 aliphatic carbocycles.